The molecule has 1 N–H and O–H groups in total. The number of benzene rings is 1. The van der Waals surface area contributed by atoms with E-state index < -0.39 is 0 Å². The number of methoxy groups -OCH3 is 1. The number of hydrogen-bond acceptors (Lipinski definition) is 2. The number of ether oxygens (including phenoxy) is 1. The van der Waals surface area contributed by atoms with E-state index in [4.69, 9.17) is 9.84 Å². The highest BCUT2D eigenvalue weighted by Gasteiger charge is 2.03. The van der Waals surface area contributed by atoms with Crippen molar-refractivity contribution in [3.63, 3.8) is 0 Å². The Bertz CT molecular complexity index is 257. The second-order valence-electron chi connectivity index (χ2n) is 3.32. The van der Waals surface area contributed by atoms with Crippen molar-refractivity contribution in [3.8, 4) is 5.75 Å². The van der Waals surface area contributed by atoms with Gasteiger partial charge in [-0.15, -0.1) is 0 Å². The van der Waals surface area contributed by atoms with Crippen molar-refractivity contribution in [1.82, 2.24) is 0 Å². The first kappa shape index (κ1) is 10.1. The van der Waals surface area contributed by atoms with Gasteiger partial charge in [0.15, 0.2) is 0 Å². The molecule has 0 fully saturated rings. The fourth-order valence-electron chi connectivity index (χ4n) is 1.17. The average Bonchev–Trinajstić information content (AvgIpc) is 2.16. The Balaban J connectivity index is 3.07. The maximum atomic E-state index is 8.88. The first-order valence-electron chi connectivity index (χ1n) is 4.33. The Labute approximate surface area is 79.2 Å². The average molecular weight is 179 g/mol. The normalized spacial score (nSPS) is 10.5. The first-order valence-corrected chi connectivity index (χ1v) is 4.33. The van der Waals surface area contributed by atoms with E-state index in [-0.39, 0.29) is 0 Å². The molecule has 13 heavy (non-hydrogen) atoms. The summed E-state index contributed by atoms with van der Waals surface area (Å²) >= 11 is 0. The topological polar surface area (TPSA) is 29.5 Å². The third-order valence-corrected chi connectivity index (χ3v) is 2.00. The van der Waals surface area contributed by atoms with Crippen LogP contribution in [-0.2, 0) is 0 Å². The second kappa shape index (κ2) is 4.28. The standard InChI is InChI=1S/C11H15O2/c1-8(2)10-4-9(7-12)5-11(6-10)13-3/h4-8,12H,1-3H3. The molecule has 0 atom stereocenters. The minimum absolute atomic E-state index is 0.439. The lowest BCUT2D eigenvalue weighted by Gasteiger charge is -2.09. The molecular weight excluding hydrogens is 164 g/mol. The molecule has 2 heteroatoms. The van der Waals surface area contributed by atoms with Crippen molar-refractivity contribution in [2.45, 2.75) is 19.8 Å². The summed E-state index contributed by atoms with van der Waals surface area (Å²) in [6.45, 7) is 5.31. The van der Waals surface area contributed by atoms with Crippen molar-refractivity contribution in [1.29, 1.82) is 0 Å². The summed E-state index contributed by atoms with van der Waals surface area (Å²) in [5.74, 6) is 1.22. The minimum atomic E-state index is 0.439. The highest BCUT2D eigenvalue weighted by atomic mass is 16.5. The van der Waals surface area contributed by atoms with Crippen LogP contribution in [-0.4, -0.2) is 12.2 Å². The fourth-order valence-corrected chi connectivity index (χ4v) is 1.17. The maximum Gasteiger partial charge on any atom is 0.119 e. The van der Waals surface area contributed by atoms with Gasteiger partial charge in [0.05, 0.1) is 7.11 Å². The molecule has 1 rings (SSSR count). The van der Waals surface area contributed by atoms with Crippen molar-refractivity contribution in [2.75, 3.05) is 7.11 Å². The molecule has 0 aliphatic heterocycles. The van der Waals surface area contributed by atoms with E-state index in [0.717, 1.165) is 17.9 Å². The van der Waals surface area contributed by atoms with Gasteiger partial charge in [-0.05, 0) is 29.2 Å². The van der Waals surface area contributed by atoms with Crippen LogP contribution >= 0.6 is 0 Å². The van der Waals surface area contributed by atoms with Gasteiger partial charge in [-0.1, -0.05) is 19.9 Å². The zero-order valence-electron chi connectivity index (χ0n) is 8.24. The molecule has 1 radical (unpaired) electrons. The number of hydrogen-bond donors (Lipinski definition) is 1. The second-order valence-corrected chi connectivity index (χ2v) is 3.32. The Hall–Kier alpha value is -1.02. The van der Waals surface area contributed by atoms with Crippen molar-refractivity contribution in [2.24, 2.45) is 0 Å². The van der Waals surface area contributed by atoms with Crippen LogP contribution in [0.4, 0.5) is 0 Å². The van der Waals surface area contributed by atoms with Gasteiger partial charge < -0.3 is 9.84 Å². The summed E-state index contributed by atoms with van der Waals surface area (Å²) in [4.78, 5) is 0. The van der Waals surface area contributed by atoms with Gasteiger partial charge in [0.1, 0.15) is 12.4 Å². The molecule has 2 nitrogen and oxygen atoms in total. The Kier molecular flexibility index (Phi) is 3.32. The molecule has 1 aromatic carbocycles. The van der Waals surface area contributed by atoms with Crippen LogP contribution in [0.2, 0.25) is 0 Å². The van der Waals surface area contributed by atoms with E-state index in [0.29, 0.717) is 5.92 Å². The summed E-state index contributed by atoms with van der Waals surface area (Å²) in [7, 11) is 1.63. The highest BCUT2D eigenvalue weighted by Crippen LogP contribution is 2.23. The lowest BCUT2D eigenvalue weighted by Crippen LogP contribution is -1.93. The number of rotatable bonds is 3. The molecule has 71 valence electrons. The summed E-state index contributed by atoms with van der Waals surface area (Å²) in [5, 5.41) is 8.88. The zero-order chi connectivity index (χ0) is 9.84. The van der Waals surface area contributed by atoms with Crippen LogP contribution in [0.5, 0.6) is 5.75 Å². The third-order valence-electron chi connectivity index (χ3n) is 2.00. The van der Waals surface area contributed by atoms with E-state index in [9.17, 15) is 0 Å². The molecule has 0 aliphatic carbocycles. The van der Waals surface area contributed by atoms with Crippen LogP contribution in [0.3, 0.4) is 0 Å². The first-order chi connectivity index (χ1) is 6.17. The van der Waals surface area contributed by atoms with Crippen LogP contribution in [0, 0.1) is 6.61 Å². The molecule has 0 heterocycles. The molecule has 0 amide bonds. The molecule has 1 aromatic rings. The smallest absolute Gasteiger partial charge is 0.119 e. The molecule has 0 aliphatic rings. The molecule has 0 aromatic heterocycles. The minimum Gasteiger partial charge on any atom is -0.497 e. The van der Waals surface area contributed by atoms with E-state index >= 15 is 0 Å². The van der Waals surface area contributed by atoms with Gasteiger partial charge in [0.2, 0.25) is 0 Å². The van der Waals surface area contributed by atoms with Gasteiger partial charge in [-0.25, -0.2) is 0 Å². The summed E-state index contributed by atoms with van der Waals surface area (Å²) in [6, 6.07) is 5.73. The van der Waals surface area contributed by atoms with Gasteiger partial charge >= 0.3 is 0 Å². The van der Waals surface area contributed by atoms with Gasteiger partial charge in [0.25, 0.3) is 0 Å². The van der Waals surface area contributed by atoms with Gasteiger partial charge in [-0.3, -0.25) is 0 Å². The lowest BCUT2D eigenvalue weighted by atomic mass is 10.0. The number of aliphatic hydroxyl groups is 1. The van der Waals surface area contributed by atoms with Crippen LogP contribution in [0.25, 0.3) is 0 Å². The monoisotopic (exact) mass is 179 g/mol. The number of aliphatic hydroxyl groups excluding tert-OH is 1. The molecule has 0 unspecified atom stereocenters. The molecule has 0 bridgehead atoms. The summed E-state index contributed by atoms with van der Waals surface area (Å²) in [5.41, 5.74) is 1.95. The Morgan fingerprint density at radius 1 is 1.31 bits per heavy atom. The van der Waals surface area contributed by atoms with Crippen molar-refractivity contribution < 1.29 is 9.84 Å². The summed E-state index contributed by atoms with van der Waals surface area (Å²) in [6.07, 6.45) is 0. The van der Waals surface area contributed by atoms with Crippen LogP contribution in [0.15, 0.2) is 18.2 Å². The van der Waals surface area contributed by atoms with E-state index in [1.54, 1.807) is 13.2 Å². The fraction of sp³-hybridized carbons (Fsp3) is 0.364. The predicted octanol–water partition coefficient (Wildman–Crippen LogP) is 2.70. The third kappa shape index (κ3) is 2.46. The largest absolute Gasteiger partial charge is 0.497 e. The molecular formula is C11H15O2. The Morgan fingerprint density at radius 2 is 2.00 bits per heavy atom. The lowest BCUT2D eigenvalue weighted by molar-refractivity contribution is 0.403. The van der Waals surface area contributed by atoms with Crippen molar-refractivity contribution >= 4 is 0 Å². The van der Waals surface area contributed by atoms with E-state index in [2.05, 4.69) is 13.8 Å². The van der Waals surface area contributed by atoms with Crippen LogP contribution < -0.4 is 4.74 Å². The van der Waals surface area contributed by atoms with Gasteiger partial charge in [0, 0.05) is 0 Å². The van der Waals surface area contributed by atoms with E-state index in [1.807, 2.05) is 12.1 Å². The summed E-state index contributed by atoms with van der Waals surface area (Å²) < 4.78 is 5.12. The molecule has 0 saturated carbocycles. The molecule has 0 saturated heterocycles. The van der Waals surface area contributed by atoms with E-state index in [1.165, 1.54) is 5.56 Å². The van der Waals surface area contributed by atoms with Crippen LogP contribution in [0.1, 0.15) is 30.9 Å². The zero-order valence-corrected chi connectivity index (χ0v) is 8.24. The highest BCUT2D eigenvalue weighted by molar-refractivity contribution is 5.38. The van der Waals surface area contributed by atoms with Gasteiger partial charge in [-0.2, -0.15) is 0 Å². The Morgan fingerprint density at radius 3 is 2.46 bits per heavy atom. The van der Waals surface area contributed by atoms with Crippen molar-refractivity contribution in [3.05, 3.63) is 35.9 Å². The molecule has 0 spiro atoms. The maximum absolute atomic E-state index is 8.88. The predicted molar refractivity (Wildman–Crippen MR) is 52.4 cm³/mol. The SMILES string of the molecule is COc1cc([CH]O)cc(C(C)C)c1. The quantitative estimate of drug-likeness (QED) is 0.773.